The number of rotatable bonds is 6. The number of sulfonamides is 1. The maximum absolute atomic E-state index is 16.1. The fourth-order valence-electron chi connectivity index (χ4n) is 4.84. The SMILES string of the molecule is CS(=O)(=O)N[C@H]1CCN(C(=O)C2(F)CCC2)[C@H]1CC1(F)C=CC=C(c2ccccc2)C1. The summed E-state index contributed by atoms with van der Waals surface area (Å²) in [5.41, 5.74) is -1.93. The van der Waals surface area contributed by atoms with Crippen molar-refractivity contribution < 1.29 is 22.0 Å². The van der Waals surface area contributed by atoms with E-state index in [2.05, 4.69) is 4.72 Å². The predicted octanol–water partition coefficient (Wildman–Crippen LogP) is 3.54. The van der Waals surface area contributed by atoms with Crippen LogP contribution in [-0.2, 0) is 14.8 Å². The maximum atomic E-state index is 16.1. The van der Waals surface area contributed by atoms with Crippen LogP contribution < -0.4 is 4.72 Å². The second kappa shape index (κ2) is 8.13. The zero-order chi connectivity index (χ0) is 22.3. The van der Waals surface area contributed by atoms with Crippen molar-refractivity contribution in [3.63, 3.8) is 0 Å². The number of carbonyl (C=O) groups excluding carboxylic acids is 1. The van der Waals surface area contributed by atoms with Crippen molar-refractivity contribution in [3.05, 3.63) is 54.1 Å². The van der Waals surface area contributed by atoms with Crippen LogP contribution in [0.15, 0.2) is 48.6 Å². The third kappa shape index (κ3) is 4.75. The molecule has 1 unspecified atom stereocenters. The van der Waals surface area contributed by atoms with Gasteiger partial charge < -0.3 is 4.90 Å². The Morgan fingerprint density at radius 2 is 1.94 bits per heavy atom. The van der Waals surface area contributed by atoms with Crippen molar-refractivity contribution in [2.45, 2.75) is 61.9 Å². The molecule has 1 heterocycles. The van der Waals surface area contributed by atoms with Gasteiger partial charge >= 0.3 is 0 Å². The standard InChI is InChI=1S/C23H28F2N2O3S/c1-31(29,30)26-19-10-14-27(21(28)23(25)12-6-13-23)20(19)16-22(24)11-5-9-18(15-22)17-7-3-2-4-8-17/h2-5,7-9,11,19-20,26H,6,10,12-16H2,1H3/t19-,20-,22?/m0/s1. The van der Waals surface area contributed by atoms with Gasteiger partial charge in [-0.1, -0.05) is 42.5 Å². The quantitative estimate of drug-likeness (QED) is 0.721. The first-order chi connectivity index (χ1) is 14.6. The van der Waals surface area contributed by atoms with Crippen molar-refractivity contribution in [1.29, 1.82) is 0 Å². The summed E-state index contributed by atoms with van der Waals surface area (Å²) in [5, 5.41) is 0. The number of carbonyl (C=O) groups is 1. The zero-order valence-electron chi connectivity index (χ0n) is 17.6. The summed E-state index contributed by atoms with van der Waals surface area (Å²) >= 11 is 0. The molecule has 3 atom stereocenters. The van der Waals surface area contributed by atoms with Crippen LogP contribution in [0.25, 0.3) is 5.57 Å². The molecule has 0 radical (unpaired) electrons. The monoisotopic (exact) mass is 450 g/mol. The van der Waals surface area contributed by atoms with Gasteiger partial charge in [-0.15, -0.1) is 0 Å². The normalized spacial score (nSPS) is 30.0. The lowest BCUT2D eigenvalue weighted by molar-refractivity contribution is -0.151. The molecular weight excluding hydrogens is 422 g/mol. The first-order valence-corrected chi connectivity index (χ1v) is 12.6. The van der Waals surface area contributed by atoms with Crippen molar-refractivity contribution in [2.75, 3.05) is 12.8 Å². The van der Waals surface area contributed by atoms with Gasteiger partial charge in [0.2, 0.25) is 10.0 Å². The number of benzene rings is 1. The van der Waals surface area contributed by atoms with Crippen LogP contribution in [0, 0.1) is 0 Å². The summed E-state index contributed by atoms with van der Waals surface area (Å²) in [7, 11) is -3.56. The summed E-state index contributed by atoms with van der Waals surface area (Å²) in [4.78, 5) is 14.3. The van der Waals surface area contributed by atoms with Crippen molar-refractivity contribution >= 4 is 21.5 Å². The molecule has 8 heteroatoms. The first kappa shape index (κ1) is 22.1. The van der Waals surface area contributed by atoms with Crippen molar-refractivity contribution in [2.24, 2.45) is 0 Å². The smallest absolute Gasteiger partial charge is 0.260 e. The molecule has 0 aromatic heterocycles. The van der Waals surface area contributed by atoms with E-state index < -0.39 is 39.4 Å². The third-order valence-electron chi connectivity index (χ3n) is 6.57. The highest BCUT2D eigenvalue weighted by Gasteiger charge is 2.52. The highest BCUT2D eigenvalue weighted by molar-refractivity contribution is 7.88. The highest BCUT2D eigenvalue weighted by atomic mass is 32.2. The number of hydrogen-bond acceptors (Lipinski definition) is 3. The molecule has 1 N–H and O–H groups in total. The second-order valence-corrected chi connectivity index (χ2v) is 10.8. The van der Waals surface area contributed by atoms with Crippen LogP contribution in [0.1, 0.15) is 44.1 Å². The summed E-state index contributed by atoms with van der Waals surface area (Å²) in [6, 6.07) is 8.09. The molecule has 0 bridgehead atoms. The van der Waals surface area contributed by atoms with Crippen LogP contribution in [-0.4, -0.2) is 55.4 Å². The Morgan fingerprint density at radius 1 is 1.23 bits per heavy atom. The Balaban J connectivity index is 1.57. The predicted molar refractivity (Wildman–Crippen MR) is 116 cm³/mol. The number of allylic oxidation sites excluding steroid dienone is 4. The van der Waals surface area contributed by atoms with Gasteiger partial charge in [-0.25, -0.2) is 21.9 Å². The summed E-state index contributed by atoms with van der Waals surface area (Å²) in [6.45, 7) is 0.212. The van der Waals surface area contributed by atoms with E-state index >= 15 is 4.39 Å². The van der Waals surface area contributed by atoms with Gasteiger partial charge in [0.05, 0.1) is 12.3 Å². The molecule has 0 spiro atoms. The average Bonchev–Trinajstić information content (AvgIpc) is 3.06. The summed E-state index contributed by atoms with van der Waals surface area (Å²) < 4.78 is 57.3. The summed E-state index contributed by atoms with van der Waals surface area (Å²) in [5.74, 6) is -0.635. The van der Waals surface area contributed by atoms with Crippen LogP contribution in [0.3, 0.4) is 0 Å². The van der Waals surface area contributed by atoms with Crippen LogP contribution >= 0.6 is 0 Å². The fourth-order valence-corrected chi connectivity index (χ4v) is 5.66. The molecule has 168 valence electrons. The third-order valence-corrected chi connectivity index (χ3v) is 7.30. The molecule has 2 aliphatic carbocycles. The molecule has 2 fully saturated rings. The van der Waals surface area contributed by atoms with Crippen molar-refractivity contribution in [1.82, 2.24) is 9.62 Å². The summed E-state index contributed by atoms with van der Waals surface area (Å²) in [6.07, 6.45) is 7.36. The minimum absolute atomic E-state index is 0.0946. The van der Waals surface area contributed by atoms with Crippen LogP contribution in [0.2, 0.25) is 0 Å². The zero-order valence-corrected chi connectivity index (χ0v) is 18.4. The average molecular weight is 451 g/mol. The fraction of sp³-hybridized carbons (Fsp3) is 0.522. The number of nitrogens with zero attached hydrogens (tertiary/aromatic N) is 1. The molecule has 4 rings (SSSR count). The minimum Gasteiger partial charge on any atom is -0.335 e. The molecule has 31 heavy (non-hydrogen) atoms. The van der Waals surface area contributed by atoms with Gasteiger partial charge in [-0.2, -0.15) is 0 Å². The van der Waals surface area contributed by atoms with Gasteiger partial charge in [-0.05, 0) is 42.9 Å². The lowest BCUT2D eigenvalue weighted by Gasteiger charge is -2.40. The van der Waals surface area contributed by atoms with Gasteiger partial charge in [0, 0.05) is 25.4 Å². The molecule has 1 aromatic carbocycles. The lowest BCUT2D eigenvalue weighted by Crippen LogP contribution is -2.56. The lowest BCUT2D eigenvalue weighted by atomic mass is 9.79. The molecular formula is C23H28F2N2O3S. The number of halogens is 2. The number of hydrogen-bond donors (Lipinski definition) is 1. The molecule has 1 aliphatic heterocycles. The molecule has 1 saturated carbocycles. The van der Waals surface area contributed by atoms with Crippen LogP contribution in [0.5, 0.6) is 0 Å². The molecule has 3 aliphatic rings. The van der Waals surface area contributed by atoms with E-state index in [-0.39, 0.29) is 32.2 Å². The Morgan fingerprint density at radius 3 is 2.55 bits per heavy atom. The van der Waals surface area contributed by atoms with Crippen LogP contribution in [0.4, 0.5) is 8.78 Å². The molecule has 5 nitrogen and oxygen atoms in total. The van der Waals surface area contributed by atoms with E-state index in [1.165, 1.54) is 11.0 Å². The van der Waals surface area contributed by atoms with E-state index in [0.717, 1.165) is 17.4 Å². The van der Waals surface area contributed by atoms with Crippen molar-refractivity contribution in [3.8, 4) is 0 Å². The number of alkyl halides is 2. The number of amides is 1. The van der Waals surface area contributed by atoms with E-state index in [1.54, 1.807) is 6.08 Å². The van der Waals surface area contributed by atoms with E-state index in [0.29, 0.717) is 12.8 Å². The number of likely N-dealkylation sites (tertiary alicyclic amines) is 1. The Bertz CT molecular complexity index is 1000. The molecule has 1 amide bonds. The Kier molecular flexibility index (Phi) is 5.81. The minimum atomic E-state index is -3.56. The van der Waals surface area contributed by atoms with Gasteiger partial charge in [0.1, 0.15) is 5.67 Å². The van der Waals surface area contributed by atoms with E-state index in [9.17, 15) is 17.6 Å². The first-order valence-electron chi connectivity index (χ1n) is 10.7. The second-order valence-electron chi connectivity index (χ2n) is 9.00. The number of nitrogens with one attached hydrogen (secondary N) is 1. The van der Waals surface area contributed by atoms with Gasteiger partial charge in [0.15, 0.2) is 5.67 Å². The van der Waals surface area contributed by atoms with Gasteiger partial charge in [-0.3, -0.25) is 4.79 Å². The van der Waals surface area contributed by atoms with E-state index in [1.807, 2.05) is 36.4 Å². The Labute approximate surface area is 182 Å². The molecule has 1 aromatic rings. The largest absolute Gasteiger partial charge is 0.335 e. The topological polar surface area (TPSA) is 66.5 Å². The Hall–Kier alpha value is -2.06. The van der Waals surface area contributed by atoms with E-state index in [4.69, 9.17) is 0 Å². The van der Waals surface area contributed by atoms with Gasteiger partial charge in [0.25, 0.3) is 5.91 Å². The highest BCUT2D eigenvalue weighted by Crippen LogP contribution is 2.42. The maximum Gasteiger partial charge on any atom is 0.260 e. The molecule has 1 saturated heterocycles.